The molecule has 1 atom stereocenters. The molecule has 0 bridgehead atoms. The van der Waals surface area contributed by atoms with Crippen molar-refractivity contribution in [3.8, 4) is 5.75 Å². The van der Waals surface area contributed by atoms with Crippen molar-refractivity contribution in [2.75, 3.05) is 7.11 Å². The summed E-state index contributed by atoms with van der Waals surface area (Å²) in [6.45, 7) is 0. The van der Waals surface area contributed by atoms with E-state index < -0.39 is 14.7 Å². The monoisotopic (exact) mass is 274 g/mol. The second-order valence-electron chi connectivity index (χ2n) is 3.57. The summed E-state index contributed by atoms with van der Waals surface area (Å²) in [5, 5.41) is 0. The van der Waals surface area contributed by atoms with Gasteiger partial charge in [0.05, 0.1) is 0 Å². The molecule has 2 aromatic carbocycles. The van der Waals surface area contributed by atoms with Crippen molar-refractivity contribution >= 4 is 23.4 Å². The normalized spacial score (nSPS) is 12.1. The summed E-state index contributed by atoms with van der Waals surface area (Å²) in [6.07, 6.45) is 0. The first-order valence-electron chi connectivity index (χ1n) is 5.24. The molecule has 0 aliphatic carbocycles. The van der Waals surface area contributed by atoms with Crippen LogP contribution in [0.1, 0.15) is 0 Å². The van der Waals surface area contributed by atoms with Gasteiger partial charge in [0.1, 0.15) is 0 Å². The van der Waals surface area contributed by atoms with Crippen LogP contribution in [0.3, 0.4) is 0 Å². The Labute approximate surface area is 101 Å². The molecule has 0 saturated heterocycles. The molecule has 0 heterocycles. The zero-order valence-corrected chi connectivity index (χ0v) is 11.4. The fraction of sp³-hybridized carbons (Fsp3) is 0.143. The van der Waals surface area contributed by atoms with E-state index in [4.69, 9.17) is 4.74 Å². The minimum atomic E-state index is -1.17. The summed E-state index contributed by atoms with van der Waals surface area (Å²) < 4.78 is 8.26. The molecule has 82 valence electrons. The fourth-order valence-corrected chi connectivity index (χ4v) is 5.27. The molecule has 0 spiro atoms. The van der Waals surface area contributed by atoms with Crippen LogP contribution in [0.4, 0.5) is 0 Å². The molecule has 16 heavy (non-hydrogen) atoms. The maximum absolute atomic E-state index is 5.42. The van der Waals surface area contributed by atoms with E-state index in [0.717, 1.165) is 5.75 Å². The van der Waals surface area contributed by atoms with E-state index in [-0.39, 0.29) is 0 Å². The quantitative estimate of drug-likeness (QED) is 0.777. The van der Waals surface area contributed by atoms with E-state index in [9.17, 15) is 0 Å². The zero-order valence-electron chi connectivity index (χ0n) is 9.55. The van der Waals surface area contributed by atoms with Crippen LogP contribution in [0, 0.1) is 0 Å². The third-order valence-electron chi connectivity index (χ3n) is 2.59. The summed E-state index contributed by atoms with van der Waals surface area (Å²) in [5.41, 5.74) is 2.35. The molecule has 0 aromatic heterocycles. The molecule has 0 radical (unpaired) electrons. The van der Waals surface area contributed by atoms with Gasteiger partial charge in [-0.2, -0.15) is 0 Å². The molecule has 1 nitrogen and oxygen atoms in total. The summed E-state index contributed by atoms with van der Waals surface area (Å²) in [6, 6.07) is 19.1. The van der Waals surface area contributed by atoms with Gasteiger partial charge in [-0.25, -0.2) is 0 Å². The van der Waals surface area contributed by atoms with E-state index >= 15 is 0 Å². The van der Waals surface area contributed by atoms with Crippen LogP contribution < -0.4 is 13.4 Å². The number of benzene rings is 2. The van der Waals surface area contributed by atoms with Crippen LogP contribution in [-0.4, -0.2) is 21.8 Å². The van der Waals surface area contributed by atoms with Gasteiger partial charge in [-0.05, 0) is 0 Å². The number of para-hydroxylation sites is 1. The van der Waals surface area contributed by atoms with Crippen LogP contribution >= 0.6 is 0 Å². The Morgan fingerprint density at radius 1 is 0.875 bits per heavy atom. The summed E-state index contributed by atoms with van der Waals surface area (Å²) >= 11 is -1.17. The Kier molecular flexibility index (Phi) is 3.69. The molecule has 0 aliphatic rings. The molecule has 0 aliphatic heterocycles. The van der Waals surface area contributed by atoms with E-state index in [0.29, 0.717) is 0 Å². The average Bonchev–Trinajstić information content (AvgIpc) is 2.39. The van der Waals surface area contributed by atoms with E-state index in [1.54, 1.807) is 7.11 Å². The Balaban J connectivity index is 2.37. The van der Waals surface area contributed by atoms with Gasteiger partial charge in [-0.15, -0.1) is 0 Å². The number of rotatable bonds is 3. The van der Waals surface area contributed by atoms with Crippen LogP contribution in [0.5, 0.6) is 5.75 Å². The second-order valence-corrected chi connectivity index (χ2v) is 8.01. The molecule has 0 fully saturated rings. The van der Waals surface area contributed by atoms with E-state index in [1.807, 2.05) is 12.1 Å². The van der Waals surface area contributed by atoms with Crippen LogP contribution in [0.15, 0.2) is 54.6 Å². The Bertz CT molecular complexity index is 453. The van der Waals surface area contributed by atoms with Crippen molar-refractivity contribution in [2.45, 2.75) is 5.71 Å². The third kappa shape index (κ3) is 2.31. The summed E-state index contributed by atoms with van der Waals surface area (Å²) in [7, 11) is 1.74. The maximum atomic E-state index is 5.42. The first-order chi connectivity index (χ1) is 7.83. The molecule has 0 saturated carbocycles. The summed E-state index contributed by atoms with van der Waals surface area (Å²) in [5.74, 6) is 1.02. The van der Waals surface area contributed by atoms with Crippen molar-refractivity contribution < 1.29 is 4.74 Å². The van der Waals surface area contributed by atoms with Crippen molar-refractivity contribution in [3.05, 3.63) is 54.6 Å². The minimum absolute atomic E-state index is 1.02. The van der Waals surface area contributed by atoms with Gasteiger partial charge in [0.25, 0.3) is 0 Å². The summed E-state index contributed by atoms with van der Waals surface area (Å²) in [4.78, 5) is 0. The SMILES string of the molecule is COc1ccccc1[As](C)c1ccccc1. The van der Waals surface area contributed by atoms with Gasteiger partial charge in [-0.3, -0.25) is 0 Å². The van der Waals surface area contributed by atoms with Gasteiger partial charge in [-0.1, -0.05) is 0 Å². The van der Waals surface area contributed by atoms with Crippen molar-refractivity contribution in [2.24, 2.45) is 0 Å². The van der Waals surface area contributed by atoms with Gasteiger partial charge in [0, 0.05) is 0 Å². The van der Waals surface area contributed by atoms with Crippen LogP contribution in [0.2, 0.25) is 5.71 Å². The Hall–Kier alpha value is -1.20. The molecule has 0 amide bonds. The average molecular weight is 274 g/mol. The Morgan fingerprint density at radius 3 is 2.19 bits per heavy atom. The van der Waals surface area contributed by atoms with Crippen molar-refractivity contribution in [1.82, 2.24) is 0 Å². The molecule has 2 aromatic rings. The standard InChI is InChI=1S/C14H15AsO/c1-15(12-8-4-3-5-9-12)13-10-6-7-11-14(13)16-2/h3-11H,1-2H3. The zero-order chi connectivity index (χ0) is 11.4. The molecule has 1 unspecified atom stereocenters. The van der Waals surface area contributed by atoms with Gasteiger partial charge in [0.15, 0.2) is 0 Å². The van der Waals surface area contributed by atoms with E-state index in [1.165, 1.54) is 8.70 Å². The number of hydrogen-bond acceptors (Lipinski definition) is 1. The molecule has 2 rings (SSSR count). The second kappa shape index (κ2) is 5.22. The predicted molar refractivity (Wildman–Crippen MR) is 70.3 cm³/mol. The first-order valence-corrected chi connectivity index (χ1v) is 9.00. The first kappa shape index (κ1) is 11.3. The van der Waals surface area contributed by atoms with E-state index in [2.05, 4.69) is 48.2 Å². The fourth-order valence-electron chi connectivity index (χ4n) is 1.70. The Morgan fingerprint density at radius 2 is 1.50 bits per heavy atom. The van der Waals surface area contributed by atoms with Gasteiger partial charge < -0.3 is 0 Å². The number of methoxy groups -OCH3 is 1. The van der Waals surface area contributed by atoms with Crippen molar-refractivity contribution in [3.63, 3.8) is 0 Å². The number of ether oxygens (including phenoxy) is 1. The molecular weight excluding hydrogens is 259 g/mol. The van der Waals surface area contributed by atoms with Crippen LogP contribution in [0.25, 0.3) is 0 Å². The topological polar surface area (TPSA) is 9.23 Å². The van der Waals surface area contributed by atoms with Crippen molar-refractivity contribution in [1.29, 1.82) is 0 Å². The molecule has 0 N–H and O–H groups in total. The van der Waals surface area contributed by atoms with Crippen LogP contribution in [-0.2, 0) is 0 Å². The number of hydrogen-bond donors (Lipinski definition) is 0. The third-order valence-corrected chi connectivity index (χ3v) is 7.13. The molecular formula is C14H15AsO. The predicted octanol–water partition coefficient (Wildman–Crippen LogP) is 1.93. The van der Waals surface area contributed by atoms with Gasteiger partial charge in [0.2, 0.25) is 0 Å². The van der Waals surface area contributed by atoms with Gasteiger partial charge >= 0.3 is 101 Å². The molecule has 2 heteroatoms.